The molecule has 1 aromatic heterocycles. The fraction of sp³-hybridized carbons (Fsp3) is 0.200. The van der Waals surface area contributed by atoms with E-state index in [1.165, 1.54) is 18.3 Å². The van der Waals surface area contributed by atoms with E-state index in [2.05, 4.69) is 15.6 Å². The Bertz CT molecular complexity index is 648. The van der Waals surface area contributed by atoms with Crippen molar-refractivity contribution in [3.8, 4) is 0 Å². The number of carbonyl (C=O) groups excluding carboxylic acids is 1. The largest absolute Gasteiger partial charge is 0.383 e. The van der Waals surface area contributed by atoms with Gasteiger partial charge in [-0.2, -0.15) is 0 Å². The number of carbonyl (C=O) groups is 1. The van der Waals surface area contributed by atoms with Gasteiger partial charge in [0, 0.05) is 19.7 Å². The average Bonchev–Trinajstić information content (AvgIpc) is 2.51. The summed E-state index contributed by atoms with van der Waals surface area (Å²) in [6.45, 7) is 0.799. The summed E-state index contributed by atoms with van der Waals surface area (Å²) in [6, 6.07) is 6.31. The minimum atomic E-state index is -0.707. The Kier molecular flexibility index (Phi) is 5.37. The lowest BCUT2D eigenvalue weighted by Gasteiger charge is -2.08. The van der Waals surface area contributed by atoms with Gasteiger partial charge in [-0.1, -0.05) is 0 Å². The molecule has 0 spiro atoms. The Hall–Kier alpha value is -2.54. The van der Waals surface area contributed by atoms with Crippen molar-refractivity contribution >= 4 is 17.3 Å². The lowest BCUT2D eigenvalue weighted by molar-refractivity contribution is 0.0932. The number of nitrogens with one attached hydrogen (secondary N) is 2. The summed E-state index contributed by atoms with van der Waals surface area (Å²) in [4.78, 5) is 15.7. The standard InChI is InChI=1S/C15H15F2N3O2/c1-22-7-6-18-15(21)14-5-3-11(9-19-14)20-13-4-2-10(16)8-12(13)17/h2-5,8-9,20H,6-7H2,1H3,(H,18,21). The third kappa shape index (κ3) is 4.23. The quantitative estimate of drug-likeness (QED) is 0.805. The number of anilines is 2. The highest BCUT2D eigenvalue weighted by atomic mass is 19.1. The van der Waals surface area contributed by atoms with Crippen LogP contribution in [0.5, 0.6) is 0 Å². The molecule has 0 bridgehead atoms. The molecule has 116 valence electrons. The van der Waals surface area contributed by atoms with Crippen molar-refractivity contribution in [1.29, 1.82) is 0 Å². The first-order valence-corrected chi connectivity index (χ1v) is 6.55. The lowest BCUT2D eigenvalue weighted by atomic mass is 10.2. The number of aromatic nitrogens is 1. The van der Waals surface area contributed by atoms with Gasteiger partial charge in [0.15, 0.2) is 0 Å². The normalized spacial score (nSPS) is 10.3. The summed E-state index contributed by atoms with van der Waals surface area (Å²) in [5, 5.41) is 5.40. The van der Waals surface area contributed by atoms with E-state index >= 15 is 0 Å². The number of hydrogen-bond donors (Lipinski definition) is 2. The Labute approximate surface area is 126 Å². The van der Waals surface area contributed by atoms with Gasteiger partial charge in [0.25, 0.3) is 5.91 Å². The van der Waals surface area contributed by atoms with Crippen LogP contribution in [0.3, 0.4) is 0 Å². The van der Waals surface area contributed by atoms with Crippen LogP contribution in [0.25, 0.3) is 0 Å². The number of halogens is 2. The second kappa shape index (κ2) is 7.46. The van der Waals surface area contributed by atoms with Crippen LogP contribution in [0.15, 0.2) is 36.5 Å². The predicted molar refractivity (Wildman–Crippen MR) is 78.1 cm³/mol. The second-order valence-electron chi connectivity index (χ2n) is 4.43. The number of methoxy groups -OCH3 is 1. The number of amides is 1. The molecule has 0 aliphatic carbocycles. The minimum Gasteiger partial charge on any atom is -0.383 e. The SMILES string of the molecule is COCCNC(=O)c1ccc(Nc2ccc(F)cc2F)cn1. The highest BCUT2D eigenvalue weighted by Crippen LogP contribution is 2.20. The molecule has 1 amide bonds. The number of ether oxygens (including phenoxy) is 1. The molecular formula is C15H15F2N3O2. The molecule has 5 nitrogen and oxygen atoms in total. The molecule has 0 unspecified atom stereocenters. The van der Waals surface area contributed by atoms with Crippen LogP contribution in [0, 0.1) is 11.6 Å². The van der Waals surface area contributed by atoms with Crippen molar-refractivity contribution in [2.45, 2.75) is 0 Å². The fourth-order valence-electron chi connectivity index (χ4n) is 1.71. The van der Waals surface area contributed by atoms with Crippen molar-refractivity contribution in [2.75, 3.05) is 25.6 Å². The van der Waals surface area contributed by atoms with E-state index < -0.39 is 11.6 Å². The van der Waals surface area contributed by atoms with Crippen LogP contribution in [-0.4, -0.2) is 31.2 Å². The van der Waals surface area contributed by atoms with Gasteiger partial charge in [-0.05, 0) is 24.3 Å². The first-order chi connectivity index (χ1) is 10.6. The summed E-state index contributed by atoms with van der Waals surface area (Å²) in [6.07, 6.45) is 1.40. The molecule has 0 fully saturated rings. The predicted octanol–water partition coefficient (Wildman–Crippen LogP) is 2.48. The second-order valence-corrected chi connectivity index (χ2v) is 4.43. The van der Waals surface area contributed by atoms with Crippen LogP contribution in [0.2, 0.25) is 0 Å². The number of rotatable bonds is 6. The molecule has 2 N–H and O–H groups in total. The van der Waals surface area contributed by atoms with Gasteiger partial charge in [0.2, 0.25) is 0 Å². The van der Waals surface area contributed by atoms with Crippen LogP contribution < -0.4 is 10.6 Å². The maximum Gasteiger partial charge on any atom is 0.269 e. The molecule has 7 heteroatoms. The first kappa shape index (κ1) is 15.8. The molecule has 0 atom stereocenters. The zero-order valence-electron chi connectivity index (χ0n) is 11.9. The minimum absolute atomic E-state index is 0.125. The zero-order chi connectivity index (χ0) is 15.9. The highest BCUT2D eigenvalue weighted by Gasteiger charge is 2.08. The summed E-state index contributed by atoms with van der Waals surface area (Å²) in [7, 11) is 1.54. The summed E-state index contributed by atoms with van der Waals surface area (Å²) < 4.78 is 31.2. The van der Waals surface area contributed by atoms with Gasteiger partial charge >= 0.3 is 0 Å². The molecule has 0 saturated heterocycles. The summed E-state index contributed by atoms with van der Waals surface area (Å²) in [5.74, 6) is -1.68. The van der Waals surface area contributed by atoms with Crippen LogP contribution in [0.4, 0.5) is 20.2 Å². The van der Waals surface area contributed by atoms with Gasteiger partial charge < -0.3 is 15.4 Å². The molecule has 1 heterocycles. The zero-order valence-corrected chi connectivity index (χ0v) is 11.9. The van der Waals surface area contributed by atoms with Crippen LogP contribution >= 0.6 is 0 Å². The monoisotopic (exact) mass is 307 g/mol. The van der Waals surface area contributed by atoms with E-state index in [-0.39, 0.29) is 17.3 Å². The van der Waals surface area contributed by atoms with E-state index in [1.54, 1.807) is 13.2 Å². The summed E-state index contributed by atoms with van der Waals surface area (Å²) in [5.41, 5.74) is 0.848. The molecule has 2 aromatic rings. The molecule has 2 rings (SSSR count). The fourth-order valence-corrected chi connectivity index (χ4v) is 1.71. The maximum atomic E-state index is 13.5. The molecule has 22 heavy (non-hydrogen) atoms. The van der Waals surface area contributed by atoms with E-state index in [1.807, 2.05) is 0 Å². The number of pyridine rings is 1. The third-order valence-corrected chi connectivity index (χ3v) is 2.80. The van der Waals surface area contributed by atoms with Crippen molar-refractivity contribution in [2.24, 2.45) is 0 Å². The highest BCUT2D eigenvalue weighted by molar-refractivity contribution is 5.92. The first-order valence-electron chi connectivity index (χ1n) is 6.55. The molecule has 0 radical (unpaired) electrons. The maximum absolute atomic E-state index is 13.5. The molecule has 0 aliphatic heterocycles. The van der Waals surface area contributed by atoms with Crippen LogP contribution in [0.1, 0.15) is 10.5 Å². The smallest absolute Gasteiger partial charge is 0.269 e. The lowest BCUT2D eigenvalue weighted by Crippen LogP contribution is -2.27. The topological polar surface area (TPSA) is 63.2 Å². The molecule has 0 saturated carbocycles. The third-order valence-electron chi connectivity index (χ3n) is 2.80. The average molecular weight is 307 g/mol. The van der Waals surface area contributed by atoms with Crippen molar-refractivity contribution < 1.29 is 18.3 Å². The van der Waals surface area contributed by atoms with Gasteiger partial charge in [-0.15, -0.1) is 0 Å². The van der Waals surface area contributed by atoms with Crippen molar-refractivity contribution in [3.63, 3.8) is 0 Å². The Morgan fingerprint density at radius 3 is 2.73 bits per heavy atom. The van der Waals surface area contributed by atoms with Gasteiger partial charge in [0.1, 0.15) is 17.3 Å². The molecular weight excluding hydrogens is 292 g/mol. The van der Waals surface area contributed by atoms with Crippen molar-refractivity contribution in [1.82, 2.24) is 10.3 Å². The summed E-state index contributed by atoms with van der Waals surface area (Å²) >= 11 is 0. The Morgan fingerprint density at radius 2 is 2.09 bits per heavy atom. The van der Waals surface area contributed by atoms with E-state index in [4.69, 9.17) is 4.74 Å². The van der Waals surface area contributed by atoms with Gasteiger partial charge in [-0.3, -0.25) is 4.79 Å². The number of nitrogens with zero attached hydrogens (tertiary/aromatic N) is 1. The van der Waals surface area contributed by atoms with Crippen molar-refractivity contribution in [3.05, 3.63) is 53.9 Å². The molecule has 0 aliphatic rings. The number of hydrogen-bond acceptors (Lipinski definition) is 4. The van der Waals surface area contributed by atoms with E-state index in [9.17, 15) is 13.6 Å². The van der Waals surface area contributed by atoms with Gasteiger partial charge in [-0.25, -0.2) is 13.8 Å². The van der Waals surface area contributed by atoms with E-state index in [0.29, 0.717) is 18.8 Å². The van der Waals surface area contributed by atoms with E-state index in [0.717, 1.165) is 12.1 Å². The Balaban J connectivity index is 2.01. The Morgan fingerprint density at radius 1 is 1.27 bits per heavy atom. The molecule has 1 aromatic carbocycles. The van der Waals surface area contributed by atoms with Gasteiger partial charge in [0.05, 0.1) is 24.2 Å². The number of benzene rings is 1. The van der Waals surface area contributed by atoms with Crippen LogP contribution in [-0.2, 0) is 4.74 Å².